The van der Waals surface area contributed by atoms with Crippen molar-refractivity contribution in [2.24, 2.45) is 5.41 Å². The SMILES string of the molecule is CCN(Cc1ccncc1)CC1(CNC2CC2)CCCC1. The Bertz CT molecular complexity index is 421. The molecular weight excluding hydrogens is 258 g/mol. The molecule has 1 aromatic heterocycles. The molecule has 1 heterocycles. The van der Waals surface area contributed by atoms with Crippen LogP contribution in [0.15, 0.2) is 24.5 Å². The fourth-order valence-corrected chi connectivity index (χ4v) is 3.66. The van der Waals surface area contributed by atoms with E-state index in [1.165, 1.54) is 57.2 Å². The fraction of sp³-hybridized carbons (Fsp3) is 0.722. The van der Waals surface area contributed by atoms with Gasteiger partial charge in [0.15, 0.2) is 0 Å². The summed E-state index contributed by atoms with van der Waals surface area (Å²) in [5.41, 5.74) is 1.90. The molecule has 1 N–H and O–H groups in total. The van der Waals surface area contributed by atoms with E-state index in [1.54, 1.807) is 0 Å². The second kappa shape index (κ2) is 6.89. The van der Waals surface area contributed by atoms with Gasteiger partial charge in [0.25, 0.3) is 0 Å². The summed E-state index contributed by atoms with van der Waals surface area (Å²) in [6, 6.07) is 5.12. The zero-order chi connectivity index (χ0) is 14.5. The monoisotopic (exact) mass is 287 g/mol. The summed E-state index contributed by atoms with van der Waals surface area (Å²) < 4.78 is 0. The predicted octanol–water partition coefficient (Wildman–Crippen LogP) is 3.22. The lowest BCUT2D eigenvalue weighted by molar-refractivity contribution is 0.147. The summed E-state index contributed by atoms with van der Waals surface area (Å²) in [6.45, 7) is 6.95. The number of aromatic nitrogens is 1. The molecule has 0 unspecified atom stereocenters. The Labute approximate surface area is 129 Å². The zero-order valence-electron chi connectivity index (χ0n) is 13.4. The van der Waals surface area contributed by atoms with Gasteiger partial charge in [-0.2, -0.15) is 0 Å². The first-order valence-electron chi connectivity index (χ1n) is 8.64. The van der Waals surface area contributed by atoms with Crippen LogP contribution in [0.1, 0.15) is 51.0 Å². The Morgan fingerprint density at radius 1 is 1.24 bits per heavy atom. The van der Waals surface area contributed by atoms with E-state index in [4.69, 9.17) is 0 Å². The number of nitrogens with one attached hydrogen (secondary N) is 1. The van der Waals surface area contributed by atoms with Crippen molar-refractivity contribution < 1.29 is 0 Å². The van der Waals surface area contributed by atoms with Gasteiger partial charge in [0.05, 0.1) is 0 Å². The Balaban J connectivity index is 1.59. The molecule has 2 aliphatic carbocycles. The number of hydrogen-bond acceptors (Lipinski definition) is 3. The minimum Gasteiger partial charge on any atom is -0.313 e. The quantitative estimate of drug-likeness (QED) is 0.796. The molecule has 0 bridgehead atoms. The lowest BCUT2D eigenvalue weighted by Gasteiger charge is -2.35. The highest BCUT2D eigenvalue weighted by Crippen LogP contribution is 2.39. The number of rotatable bonds is 8. The molecule has 21 heavy (non-hydrogen) atoms. The second-order valence-electron chi connectivity index (χ2n) is 7.02. The van der Waals surface area contributed by atoms with Gasteiger partial charge in [-0.1, -0.05) is 19.8 Å². The number of nitrogens with zero attached hydrogens (tertiary/aromatic N) is 2. The van der Waals surface area contributed by atoms with Gasteiger partial charge in [-0.3, -0.25) is 9.88 Å². The minimum absolute atomic E-state index is 0.519. The van der Waals surface area contributed by atoms with E-state index >= 15 is 0 Å². The lowest BCUT2D eigenvalue weighted by atomic mass is 9.85. The van der Waals surface area contributed by atoms with E-state index in [-0.39, 0.29) is 0 Å². The molecule has 1 aromatic rings. The molecular formula is C18H29N3. The third-order valence-corrected chi connectivity index (χ3v) is 5.17. The normalized spacial score (nSPS) is 21.0. The molecule has 0 atom stereocenters. The standard InChI is InChI=1S/C18H29N3/c1-2-21(13-16-7-11-19-12-8-16)15-18(9-3-4-10-18)14-20-17-5-6-17/h7-8,11-12,17,20H,2-6,9-10,13-15H2,1H3. The summed E-state index contributed by atoms with van der Waals surface area (Å²) >= 11 is 0. The topological polar surface area (TPSA) is 28.2 Å². The zero-order valence-corrected chi connectivity index (χ0v) is 13.4. The summed E-state index contributed by atoms with van der Waals surface area (Å²) in [7, 11) is 0. The van der Waals surface area contributed by atoms with Crippen molar-refractivity contribution in [1.29, 1.82) is 0 Å². The van der Waals surface area contributed by atoms with E-state index in [0.29, 0.717) is 5.41 Å². The molecule has 116 valence electrons. The first-order valence-corrected chi connectivity index (χ1v) is 8.64. The fourth-order valence-electron chi connectivity index (χ4n) is 3.66. The molecule has 0 amide bonds. The van der Waals surface area contributed by atoms with Crippen LogP contribution < -0.4 is 5.32 Å². The average Bonchev–Trinajstić information content (AvgIpc) is 3.25. The maximum absolute atomic E-state index is 4.12. The van der Waals surface area contributed by atoms with E-state index in [2.05, 4.69) is 34.3 Å². The van der Waals surface area contributed by atoms with Gasteiger partial charge in [0.1, 0.15) is 0 Å². The van der Waals surface area contributed by atoms with Crippen LogP contribution >= 0.6 is 0 Å². The van der Waals surface area contributed by atoms with Crippen LogP contribution in [0.4, 0.5) is 0 Å². The Morgan fingerprint density at radius 3 is 2.57 bits per heavy atom. The third-order valence-electron chi connectivity index (χ3n) is 5.17. The molecule has 0 spiro atoms. The largest absolute Gasteiger partial charge is 0.313 e. The van der Waals surface area contributed by atoms with Crippen molar-refractivity contribution in [3.63, 3.8) is 0 Å². The van der Waals surface area contributed by atoms with Gasteiger partial charge in [-0.05, 0) is 55.3 Å². The molecule has 2 fully saturated rings. The van der Waals surface area contributed by atoms with Gasteiger partial charge in [0.2, 0.25) is 0 Å². The van der Waals surface area contributed by atoms with Crippen LogP contribution in [0.3, 0.4) is 0 Å². The molecule has 0 aromatic carbocycles. The van der Waals surface area contributed by atoms with Crippen molar-refractivity contribution in [2.75, 3.05) is 19.6 Å². The van der Waals surface area contributed by atoms with Crippen LogP contribution in [-0.2, 0) is 6.54 Å². The number of hydrogen-bond donors (Lipinski definition) is 1. The molecule has 3 rings (SSSR count). The van der Waals surface area contributed by atoms with Crippen molar-refractivity contribution in [3.8, 4) is 0 Å². The van der Waals surface area contributed by atoms with Gasteiger partial charge in [0, 0.05) is 38.1 Å². The number of pyridine rings is 1. The molecule has 3 heteroatoms. The van der Waals surface area contributed by atoms with Crippen LogP contribution in [0, 0.1) is 5.41 Å². The third kappa shape index (κ3) is 4.27. The van der Waals surface area contributed by atoms with E-state index in [0.717, 1.165) is 19.1 Å². The van der Waals surface area contributed by atoms with Gasteiger partial charge < -0.3 is 5.32 Å². The highest BCUT2D eigenvalue weighted by molar-refractivity contribution is 5.09. The van der Waals surface area contributed by atoms with Crippen LogP contribution in [-0.4, -0.2) is 35.6 Å². The summed E-state index contributed by atoms with van der Waals surface area (Å²) in [5, 5.41) is 3.80. The minimum atomic E-state index is 0.519. The van der Waals surface area contributed by atoms with Gasteiger partial charge in [-0.15, -0.1) is 0 Å². The Hall–Kier alpha value is -0.930. The molecule has 2 aliphatic rings. The van der Waals surface area contributed by atoms with Crippen LogP contribution in [0.5, 0.6) is 0 Å². The molecule has 0 saturated heterocycles. The second-order valence-corrected chi connectivity index (χ2v) is 7.02. The Kier molecular flexibility index (Phi) is 4.91. The van der Waals surface area contributed by atoms with Crippen LogP contribution in [0.25, 0.3) is 0 Å². The highest BCUT2D eigenvalue weighted by atomic mass is 15.1. The van der Waals surface area contributed by atoms with Crippen molar-refractivity contribution >= 4 is 0 Å². The van der Waals surface area contributed by atoms with Gasteiger partial charge >= 0.3 is 0 Å². The maximum Gasteiger partial charge on any atom is 0.0271 e. The van der Waals surface area contributed by atoms with E-state index < -0.39 is 0 Å². The highest BCUT2D eigenvalue weighted by Gasteiger charge is 2.36. The smallest absolute Gasteiger partial charge is 0.0271 e. The lowest BCUT2D eigenvalue weighted by Crippen LogP contribution is -2.43. The summed E-state index contributed by atoms with van der Waals surface area (Å²) in [6.07, 6.45) is 12.2. The van der Waals surface area contributed by atoms with E-state index in [1.807, 2.05) is 12.4 Å². The summed E-state index contributed by atoms with van der Waals surface area (Å²) in [5.74, 6) is 0. The maximum atomic E-state index is 4.12. The molecule has 0 aliphatic heterocycles. The molecule has 0 radical (unpaired) electrons. The molecule has 3 nitrogen and oxygen atoms in total. The Morgan fingerprint density at radius 2 is 1.95 bits per heavy atom. The van der Waals surface area contributed by atoms with Crippen LogP contribution in [0.2, 0.25) is 0 Å². The van der Waals surface area contributed by atoms with Crippen molar-refractivity contribution in [3.05, 3.63) is 30.1 Å². The van der Waals surface area contributed by atoms with Crippen molar-refractivity contribution in [1.82, 2.24) is 15.2 Å². The molecule has 2 saturated carbocycles. The predicted molar refractivity (Wildman–Crippen MR) is 87.1 cm³/mol. The average molecular weight is 287 g/mol. The summed E-state index contributed by atoms with van der Waals surface area (Å²) in [4.78, 5) is 6.74. The van der Waals surface area contributed by atoms with E-state index in [9.17, 15) is 0 Å². The van der Waals surface area contributed by atoms with Crippen molar-refractivity contribution in [2.45, 2.75) is 58.0 Å². The van der Waals surface area contributed by atoms with Gasteiger partial charge in [-0.25, -0.2) is 0 Å². The first-order chi connectivity index (χ1) is 10.3. The first kappa shape index (κ1) is 15.0.